The molecule has 0 saturated heterocycles. The van der Waals surface area contributed by atoms with Crippen molar-refractivity contribution < 1.29 is 12.6 Å². The van der Waals surface area contributed by atoms with Gasteiger partial charge in [0.25, 0.3) is 10.1 Å². The Labute approximate surface area is 103 Å². The Kier molecular flexibility index (Phi) is 3.97. The van der Waals surface area contributed by atoms with Gasteiger partial charge in [0.2, 0.25) is 0 Å². The Morgan fingerprint density at radius 3 is 2.29 bits per heavy atom. The van der Waals surface area contributed by atoms with Crippen LogP contribution >= 0.6 is 0 Å². The molecule has 0 amide bonds. The van der Waals surface area contributed by atoms with Crippen molar-refractivity contribution in [2.75, 3.05) is 0 Å². The highest BCUT2D eigenvalue weighted by molar-refractivity contribution is 7.86. The van der Waals surface area contributed by atoms with Crippen LogP contribution in [-0.2, 0) is 14.3 Å². The van der Waals surface area contributed by atoms with Crippen molar-refractivity contribution >= 4 is 10.1 Å². The zero-order valence-corrected chi connectivity index (χ0v) is 11.0. The highest BCUT2D eigenvalue weighted by atomic mass is 32.2. The lowest BCUT2D eigenvalue weighted by Gasteiger charge is -2.21. The molecule has 0 aliphatic carbocycles. The Bertz CT molecular complexity index is 519. The van der Waals surface area contributed by atoms with Crippen molar-refractivity contribution in [3.8, 4) is 12.3 Å². The summed E-state index contributed by atoms with van der Waals surface area (Å²) in [5.41, 5.74) is 0.102. The van der Waals surface area contributed by atoms with E-state index in [4.69, 9.17) is 10.6 Å². The standard InChI is InChI=1S/C13H16O3S/c1-5-10-13(3,4)16-17(14,15)12-8-6-11(2)7-9-12/h1,6-9H,10H2,2-4H3. The van der Waals surface area contributed by atoms with Crippen LogP contribution in [0.4, 0.5) is 0 Å². The van der Waals surface area contributed by atoms with Gasteiger partial charge in [0.1, 0.15) is 0 Å². The van der Waals surface area contributed by atoms with Crippen LogP contribution in [0.1, 0.15) is 25.8 Å². The Morgan fingerprint density at radius 1 is 1.29 bits per heavy atom. The zero-order chi connectivity index (χ0) is 13.1. The normalized spacial score (nSPS) is 12.1. The lowest BCUT2D eigenvalue weighted by molar-refractivity contribution is 0.124. The van der Waals surface area contributed by atoms with E-state index in [0.29, 0.717) is 0 Å². The maximum atomic E-state index is 11.9. The second kappa shape index (κ2) is 4.91. The van der Waals surface area contributed by atoms with Gasteiger partial charge >= 0.3 is 0 Å². The molecule has 0 saturated carbocycles. The molecule has 1 aromatic rings. The van der Waals surface area contributed by atoms with Crippen molar-refractivity contribution in [2.45, 2.75) is 37.7 Å². The summed E-state index contributed by atoms with van der Waals surface area (Å²) in [5, 5.41) is 0. The van der Waals surface area contributed by atoms with Gasteiger partial charge in [-0.15, -0.1) is 12.3 Å². The zero-order valence-electron chi connectivity index (χ0n) is 10.2. The van der Waals surface area contributed by atoms with Gasteiger partial charge in [-0.05, 0) is 32.9 Å². The van der Waals surface area contributed by atoms with Gasteiger partial charge in [-0.1, -0.05) is 17.7 Å². The molecule has 3 nitrogen and oxygen atoms in total. The number of aryl methyl sites for hydroxylation is 1. The van der Waals surface area contributed by atoms with Gasteiger partial charge in [0, 0.05) is 6.42 Å². The molecular weight excluding hydrogens is 236 g/mol. The molecule has 0 N–H and O–H groups in total. The maximum Gasteiger partial charge on any atom is 0.297 e. The third kappa shape index (κ3) is 3.88. The summed E-state index contributed by atoms with van der Waals surface area (Å²) in [6, 6.07) is 6.50. The molecule has 92 valence electrons. The molecule has 4 heteroatoms. The van der Waals surface area contributed by atoms with Gasteiger partial charge in [0.05, 0.1) is 10.5 Å². The molecule has 0 aromatic heterocycles. The van der Waals surface area contributed by atoms with Crippen LogP contribution in [0, 0.1) is 19.3 Å². The van der Waals surface area contributed by atoms with E-state index in [9.17, 15) is 8.42 Å². The fourth-order valence-corrected chi connectivity index (χ4v) is 2.54. The number of terminal acetylenes is 1. The predicted molar refractivity (Wildman–Crippen MR) is 67.0 cm³/mol. The van der Waals surface area contributed by atoms with E-state index in [1.165, 1.54) is 12.1 Å². The molecule has 0 aliphatic heterocycles. The first-order valence-electron chi connectivity index (χ1n) is 5.23. The van der Waals surface area contributed by atoms with Crippen molar-refractivity contribution in [3.63, 3.8) is 0 Å². The Balaban J connectivity index is 2.98. The second-order valence-corrected chi connectivity index (χ2v) is 6.04. The van der Waals surface area contributed by atoms with Crippen LogP contribution in [0.25, 0.3) is 0 Å². The first-order valence-corrected chi connectivity index (χ1v) is 6.63. The molecule has 0 fully saturated rings. The average Bonchev–Trinajstić information content (AvgIpc) is 2.16. The minimum absolute atomic E-state index is 0.146. The number of rotatable bonds is 4. The smallest absolute Gasteiger partial charge is 0.259 e. The molecular formula is C13H16O3S. The highest BCUT2D eigenvalue weighted by Gasteiger charge is 2.27. The largest absolute Gasteiger partial charge is 0.297 e. The summed E-state index contributed by atoms with van der Waals surface area (Å²) in [4.78, 5) is 0.146. The second-order valence-electron chi connectivity index (χ2n) is 4.49. The van der Waals surface area contributed by atoms with Gasteiger partial charge in [-0.25, -0.2) is 0 Å². The predicted octanol–water partition coefficient (Wildman–Crippen LogP) is 2.50. The van der Waals surface area contributed by atoms with E-state index in [0.717, 1.165) is 5.56 Å². The van der Waals surface area contributed by atoms with E-state index < -0.39 is 15.7 Å². The first kappa shape index (κ1) is 13.8. The van der Waals surface area contributed by atoms with Crippen molar-refractivity contribution in [3.05, 3.63) is 29.8 Å². The van der Waals surface area contributed by atoms with Gasteiger partial charge < -0.3 is 0 Å². The minimum Gasteiger partial charge on any atom is -0.259 e. The van der Waals surface area contributed by atoms with E-state index in [-0.39, 0.29) is 11.3 Å². The molecule has 0 heterocycles. The first-order chi connectivity index (χ1) is 7.77. The summed E-state index contributed by atoms with van der Waals surface area (Å²) >= 11 is 0. The quantitative estimate of drug-likeness (QED) is 0.611. The minimum atomic E-state index is -3.75. The lowest BCUT2D eigenvalue weighted by atomic mass is 10.1. The highest BCUT2D eigenvalue weighted by Crippen LogP contribution is 2.22. The van der Waals surface area contributed by atoms with E-state index >= 15 is 0 Å². The van der Waals surface area contributed by atoms with Crippen LogP contribution in [0.15, 0.2) is 29.2 Å². The van der Waals surface area contributed by atoms with Crippen molar-refractivity contribution in [1.29, 1.82) is 0 Å². The van der Waals surface area contributed by atoms with E-state index in [2.05, 4.69) is 5.92 Å². The third-order valence-electron chi connectivity index (χ3n) is 2.17. The summed E-state index contributed by atoms with van der Waals surface area (Å²) in [6.45, 7) is 5.19. The maximum absolute atomic E-state index is 11.9. The summed E-state index contributed by atoms with van der Waals surface area (Å²) in [7, 11) is -3.75. The fraction of sp³-hybridized carbons (Fsp3) is 0.385. The summed E-state index contributed by atoms with van der Waals surface area (Å²) in [5.74, 6) is 2.40. The van der Waals surface area contributed by atoms with E-state index in [1.54, 1.807) is 26.0 Å². The van der Waals surface area contributed by atoms with Gasteiger partial charge in [0.15, 0.2) is 0 Å². The fourth-order valence-electron chi connectivity index (χ4n) is 1.33. The average molecular weight is 252 g/mol. The number of hydrogen-bond donors (Lipinski definition) is 0. The van der Waals surface area contributed by atoms with Crippen molar-refractivity contribution in [2.24, 2.45) is 0 Å². The molecule has 0 spiro atoms. The van der Waals surface area contributed by atoms with Crippen LogP contribution in [0.3, 0.4) is 0 Å². The van der Waals surface area contributed by atoms with Crippen molar-refractivity contribution in [1.82, 2.24) is 0 Å². The molecule has 17 heavy (non-hydrogen) atoms. The summed E-state index contributed by atoms with van der Waals surface area (Å²) in [6.07, 6.45) is 5.40. The molecule has 0 radical (unpaired) electrons. The monoisotopic (exact) mass is 252 g/mol. The molecule has 0 atom stereocenters. The molecule has 1 aromatic carbocycles. The molecule has 1 rings (SSSR count). The molecule has 0 unspecified atom stereocenters. The van der Waals surface area contributed by atoms with E-state index in [1.807, 2.05) is 6.92 Å². The van der Waals surface area contributed by atoms with Crippen LogP contribution in [0.5, 0.6) is 0 Å². The number of benzene rings is 1. The number of hydrogen-bond acceptors (Lipinski definition) is 3. The SMILES string of the molecule is C#CCC(C)(C)OS(=O)(=O)c1ccc(C)cc1. The lowest BCUT2D eigenvalue weighted by Crippen LogP contribution is -2.27. The van der Waals surface area contributed by atoms with Gasteiger partial charge in [-0.2, -0.15) is 8.42 Å². The molecule has 0 bridgehead atoms. The van der Waals surface area contributed by atoms with Crippen LogP contribution < -0.4 is 0 Å². The van der Waals surface area contributed by atoms with Crippen LogP contribution in [-0.4, -0.2) is 14.0 Å². The summed E-state index contributed by atoms with van der Waals surface area (Å²) < 4.78 is 29.0. The third-order valence-corrected chi connectivity index (χ3v) is 3.69. The Hall–Kier alpha value is -1.31. The van der Waals surface area contributed by atoms with Crippen LogP contribution in [0.2, 0.25) is 0 Å². The van der Waals surface area contributed by atoms with Gasteiger partial charge in [-0.3, -0.25) is 4.18 Å². The molecule has 0 aliphatic rings. The Morgan fingerprint density at radius 2 is 1.82 bits per heavy atom. The topological polar surface area (TPSA) is 43.4 Å².